The second kappa shape index (κ2) is 9.41. The van der Waals surface area contributed by atoms with Gasteiger partial charge < -0.3 is 16.0 Å². The second-order valence-electron chi connectivity index (χ2n) is 8.54. The van der Waals surface area contributed by atoms with Crippen LogP contribution in [0.25, 0.3) is 16.9 Å². The molecule has 4 aromatic heterocycles. The topological polar surface area (TPSA) is 136 Å². The summed E-state index contributed by atoms with van der Waals surface area (Å²) in [7, 11) is 1.88. The Morgan fingerprint density at radius 3 is 2.91 bits per heavy atom. The number of carbonyl (C=O) groups is 1. The molecule has 0 aromatic carbocycles. The number of hydrogen-bond donors (Lipinski definition) is 2. The van der Waals surface area contributed by atoms with Gasteiger partial charge in [-0.05, 0) is 30.6 Å². The van der Waals surface area contributed by atoms with Crippen LogP contribution >= 0.6 is 11.5 Å². The van der Waals surface area contributed by atoms with E-state index in [4.69, 9.17) is 10.7 Å². The zero-order valence-corrected chi connectivity index (χ0v) is 20.2. The third-order valence-corrected chi connectivity index (χ3v) is 6.78. The molecule has 1 fully saturated rings. The first kappa shape index (κ1) is 22.9. The van der Waals surface area contributed by atoms with Crippen LogP contribution in [0, 0.1) is 0 Å². The standard InChI is InChI=1S/C23H25N9O2S/c1-14(34)20(13-33)31-6-4-15(11-31)18-7-21(35-29-18)28-22-23-25-9-19(16-8-26-30(2)10-16)32(23)12-17(27-22)3-5-24/h7-10,12,15H,3-6,11,24H2,1-2H3,(H,27,28). The molecule has 3 N–H and O–H groups in total. The van der Waals surface area contributed by atoms with Gasteiger partial charge in [-0.25, -0.2) is 14.8 Å². The number of likely N-dealkylation sites (tertiary alicyclic amines) is 1. The van der Waals surface area contributed by atoms with Crippen molar-refractivity contribution in [2.75, 3.05) is 25.0 Å². The number of hydrogen-bond acceptors (Lipinski definition) is 10. The van der Waals surface area contributed by atoms with Crippen LogP contribution in [0.15, 0.2) is 36.6 Å². The van der Waals surface area contributed by atoms with E-state index in [1.165, 1.54) is 18.5 Å². The fourth-order valence-electron chi connectivity index (χ4n) is 4.38. The number of nitrogens with two attached hydrogens (primary N) is 1. The van der Waals surface area contributed by atoms with Gasteiger partial charge in [-0.15, -0.1) is 0 Å². The highest BCUT2D eigenvalue weighted by Gasteiger charge is 2.29. The fraction of sp³-hybridized carbons (Fsp3) is 0.348. The molecular formula is C23H25N9O2S. The largest absolute Gasteiger partial charge is 0.359 e. The maximum Gasteiger partial charge on any atom is 0.187 e. The molecule has 11 nitrogen and oxygen atoms in total. The molecular weight excluding hydrogens is 466 g/mol. The van der Waals surface area contributed by atoms with Crippen LogP contribution in [-0.4, -0.2) is 64.8 Å². The highest BCUT2D eigenvalue weighted by molar-refractivity contribution is 7.10. The summed E-state index contributed by atoms with van der Waals surface area (Å²) in [4.78, 5) is 34.0. The number of Topliss-reactive ketones (excluding diaryl/α,β-unsaturated/α-hetero) is 1. The van der Waals surface area contributed by atoms with Gasteiger partial charge in [0, 0.05) is 57.4 Å². The average molecular weight is 492 g/mol. The van der Waals surface area contributed by atoms with E-state index in [1.54, 1.807) is 21.7 Å². The number of nitrogens with one attached hydrogen (secondary N) is 1. The molecule has 35 heavy (non-hydrogen) atoms. The van der Waals surface area contributed by atoms with E-state index < -0.39 is 0 Å². The molecule has 0 spiro atoms. The first-order chi connectivity index (χ1) is 17.0. The molecule has 1 atom stereocenters. The van der Waals surface area contributed by atoms with E-state index >= 15 is 0 Å². The van der Waals surface area contributed by atoms with Gasteiger partial charge in [0.2, 0.25) is 0 Å². The first-order valence-electron chi connectivity index (χ1n) is 11.3. The number of carbonyl (C=O) groups excluding carboxylic acids is 2. The number of rotatable bonds is 8. The Hall–Kier alpha value is -3.86. The fourth-order valence-corrected chi connectivity index (χ4v) is 5.10. The highest BCUT2D eigenvalue weighted by Crippen LogP contribution is 2.33. The molecule has 0 radical (unpaired) electrons. The summed E-state index contributed by atoms with van der Waals surface area (Å²) in [5, 5.41) is 8.50. The normalized spacial score (nSPS) is 15.5. The van der Waals surface area contributed by atoms with Crippen LogP contribution in [0.5, 0.6) is 0 Å². The maximum absolute atomic E-state index is 11.7. The van der Waals surface area contributed by atoms with E-state index in [1.807, 2.05) is 36.1 Å². The molecule has 0 saturated carbocycles. The summed E-state index contributed by atoms with van der Waals surface area (Å²) in [5.74, 6) is 2.27. The number of aromatic nitrogens is 6. The smallest absolute Gasteiger partial charge is 0.187 e. The Bertz CT molecular complexity index is 1450. The van der Waals surface area contributed by atoms with Crippen LogP contribution in [0.2, 0.25) is 0 Å². The van der Waals surface area contributed by atoms with Gasteiger partial charge in [-0.1, -0.05) is 0 Å². The minimum atomic E-state index is -0.265. The van der Waals surface area contributed by atoms with Crippen molar-refractivity contribution in [1.82, 2.24) is 33.4 Å². The Kier molecular flexibility index (Phi) is 6.16. The molecule has 0 amide bonds. The van der Waals surface area contributed by atoms with Gasteiger partial charge in [-0.3, -0.25) is 13.9 Å². The minimum absolute atomic E-state index is 0.105. The van der Waals surface area contributed by atoms with Crippen LogP contribution in [0.1, 0.15) is 30.7 Å². The molecule has 4 aromatic rings. The third-order valence-electron chi connectivity index (χ3n) is 6.07. The van der Waals surface area contributed by atoms with Crippen molar-refractivity contribution in [3.63, 3.8) is 0 Å². The molecule has 0 aliphatic carbocycles. The Morgan fingerprint density at radius 1 is 1.34 bits per heavy atom. The van der Waals surface area contributed by atoms with Gasteiger partial charge in [-0.2, -0.15) is 9.47 Å². The van der Waals surface area contributed by atoms with Crippen molar-refractivity contribution in [3.8, 4) is 11.3 Å². The van der Waals surface area contributed by atoms with Gasteiger partial charge >= 0.3 is 0 Å². The van der Waals surface area contributed by atoms with Gasteiger partial charge in [0.05, 0.1) is 29.5 Å². The summed E-state index contributed by atoms with van der Waals surface area (Å²) >= 11 is 1.34. The summed E-state index contributed by atoms with van der Waals surface area (Å²) < 4.78 is 8.38. The van der Waals surface area contributed by atoms with Crippen molar-refractivity contribution in [2.45, 2.75) is 25.7 Å². The zero-order chi connectivity index (χ0) is 24.5. The second-order valence-corrected chi connectivity index (χ2v) is 9.34. The van der Waals surface area contributed by atoms with Crippen molar-refractivity contribution < 1.29 is 9.59 Å². The molecule has 5 rings (SSSR count). The molecule has 12 heteroatoms. The minimum Gasteiger partial charge on any atom is -0.359 e. The van der Waals surface area contributed by atoms with E-state index in [2.05, 4.69) is 19.8 Å². The van der Waals surface area contributed by atoms with E-state index in [9.17, 15) is 9.59 Å². The molecule has 1 aliphatic rings. The number of anilines is 2. The predicted octanol–water partition coefficient (Wildman–Crippen LogP) is 1.92. The summed E-state index contributed by atoms with van der Waals surface area (Å²) in [5.41, 5.74) is 10.2. The van der Waals surface area contributed by atoms with Crippen LogP contribution in [0.3, 0.4) is 0 Å². The number of allylic oxidation sites excluding steroid dienone is 1. The molecule has 5 heterocycles. The Labute approximate surface area is 205 Å². The van der Waals surface area contributed by atoms with E-state index in [0.29, 0.717) is 37.5 Å². The van der Waals surface area contributed by atoms with E-state index in [-0.39, 0.29) is 17.4 Å². The van der Waals surface area contributed by atoms with Crippen LogP contribution < -0.4 is 11.1 Å². The lowest BCUT2D eigenvalue weighted by molar-refractivity contribution is -0.114. The maximum atomic E-state index is 11.7. The Morgan fingerprint density at radius 2 is 2.20 bits per heavy atom. The third kappa shape index (κ3) is 4.46. The van der Waals surface area contributed by atoms with E-state index in [0.717, 1.165) is 34.1 Å². The number of aryl methyl sites for hydroxylation is 1. The SMILES string of the molecule is CC(=O)C(=C=O)N1CCC(c2cc(Nc3nc(CCN)cn4c(-c5cnn(C)c5)cnc34)sn2)C1. The summed E-state index contributed by atoms with van der Waals surface area (Å²) in [6, 6.07) is 2.00. The lowest BCUT2D eigenvalue weighted by atomic mass is 10.1. The lowest BCUT2D eigenvalue weighted by Crippen LogP contribution is -2.24. The predicted molar refractivity (Wildman–Crippen MR) is 132 cm³/mol. The zero-order valence-electron chi connectivity index (χ0n) is 19.4. The quantitative estimate of drug-likeness (QED) is 0.280. The number of nitrogens with zero attached hydrogens (tertiary/aromatic N) is 7. The summed E-state index contributed by atoms with van der Waals surface area (Å²) in [6.07, 6.45) is 8.95. The van der Waals surface area contributed by atoms with Gasteiger partial charge in [0.25, 0.3) is 0 Å². The Balaban J connectivity index is 1.42. The molecule has 180 valence electrons. The van der Waals surface area contributed by atoms with Crippen LogP contribution in [-0.2, 0) is 23.1 Å². The molecule has 1 unspecified atom stereocenters. The first-order valence-corrected chi connectivity index (χ1v) is 12.0. The monoisotopic (exact) mass is 491 g/mol. The number of fused-ring (bicyclic) bond motifs is 1. The van der Waals surface area contributed by atoms with Crippen molar-refractivity contribution in [2.24, 2.45) is 12.8 Å². The summed E-state index contributed by atoms with van der Waals surface area (Å²) in [6.45, 7) is 3.07. The van der Waals surface area contributed by atoms with Crippen molar-refractivity contribution >= 4 is 39.7 Å². The highest BCUT2D eigenvalue weighted by atomic mass is 32.1. The lowest BCUT2D eigenvalue weighted by Gasteiger charge is -2.16. The number of imidazole rings is 1. The molecule has 0 bridgehead atoms. The van der Waals surface area contributed by atoms with Gasteiger partial charge in [0.1, 0.15) is 5.00 Å². The number of ketones is 1. The van der Waals surface area contributed by atoms with Crippen molar-refractivity contribution in [3.05, 3.63) is 47.9 Å². The van der Waals surface area contributed by atoms with Gasteiger partial charge in [0.15, 0.2) is 28.9 Å². The molecule has 1 saturated heterocycles. The van der Waals surface area contributed by atoms with Crippen LogP contribution in [0.4, 0.5) is 10.8 Å². The van der Waals surface area contributed by atoms with Crippen molar-refractivity contribution in [1.29, 1.82) is 0 Å². The average Bonchev–Trinajstić information content (AvgIpc) is 3.61. The molecule has 1 aliphatic heterocycles.